The second-order valence-corrected chi connectivity index (χ2v) is 4.23. The summed E-state index contributed by atoms with van der Waals surface area (Å²) in [7, 11) is 0. The summed E-state index contributed by atoms with van der Waals surface area (Å²) >= 11 is 5.71. The third-order valence-corrected chi connectivity index (χ3v) is 2.95. The highest BCUT2D eigenvalue weighted by Crippen LogP contribution is 2.16. The van der Waals surface area contributed by atoms with Crippen molar-refractivity contribution in [2.45, 2.75) is 33.1 Å². The zero-order chi connectivity index (χ0) is 12.7. The SMILES string of the molecule is CCOC(=O)c1ccc(CC)c(CCCCl)c1. The Morgan fingerprint density at radius 1 is 1.29 bits per heavy atom. The first-order chi connectivity index (χ1) is 8.22. The Balaban J connectivity index is 2.91. The van der Waals surface area contributed by atoms with Gasteiger partial charge < -0.3 is 4.74 Å². The predicted octanol–water partition coefficient (Wildman–Crippen LogP) is 3.60. The van der Waals surface area contributed by atoms with Gasteiger partial charge in [-0.25, -0.2) is 4.79 Å². The van der Waals surface area contributed by atoms with E-state index in [2.05, 4.69) is 6.92 Å². The number of esters is 1. The number of aryl methyl sites for hydroxylation is 2. The molecule has 0 aliphatic heterocycles. The Morgan fingerprint density at radius 2 is 2.06 bits per heavy atom. The molecule has 0 fully saturated rings. The predicted molar refractivity (Wildman–Crippen MR) is 70.8 cm³/mol. The van der Waals surface area contributed by atoms with Gasteiger partial charge >= 0.3 is 5.97 Å². The van der Waals surface area contributed by atoms with Crippen molar-refractivity contribution in [3.8, 4) is 0 Å². The van der Waals surface area contributed by atoms with Crippen LogP contribution < -0.4 is 0 Å². The number of carbonyl (C=O) groups is 1. The van der Waals surface area contributed by atoms with Gasteiger partial charge in [0.2, 0.25) is 0 Å². The summed E-state index contributed by atoms with van der Waals surface area (Å²) in [5.41, 5.74) is 3.12. The molecule has 0 atom stereocenters. The van der Waals surface area contributed by atoms with Gasteiger partial charge in [0.15, 0.2) is 0 Å². The van der Waals surface area contributed by atoms with Crippen molar-refractivity contribution in [2.75, 3.05) is 12.5 Å². The molecule has 0 unspecified atom stereocenters. The van der Waals surface area contributed by atoms with Crippen LogP contribution in [0.25, 0.3) is 0 Å². The molecule has 0 heterocycles. The smallest absolute Gasteiger partial charge is 0.338 e. The van der Waals surface area contributed by atoms with Crippen LogP contribution in [0.3, 0.4) is 0 Å². The van der Waals surface area contributed by atoms with E-state index in [9.17, 15) is 4.79 Å². The van der Waals surface area contributed by atoms with E-state index in [-0.39, 0.29) is 5.97 Å². The summed E-state index contributed by atoms with van der Waals surface area (Å²) in [6.45, 7) is 4.33. The van der Waals surface area contributed by atoms with Crippen molar-refractivity contribution in [1.29, 1.82) is 0 Å². The Hall–Kier alpha value is -1.02. The van der Waals surface area contributed by atoms with Crippen LogP contribution in [0.15, 0.2) is 18.2 Å². The van der Waals surface area contributed by atoms with Crippen molar-refractivity contribution in [1.82, 2.24) is 0 Å². The zero-order valence-electron chi connectivity index (χ0n) is 10.5. The summed E-state index contributed by atoms with van der Waals surface area (Å²) in [4.78, 5) is 11.6. The standard InChI is InChI=1S/C14H19ClO2/c1-3-11-7-8-13(14(16)17-4-2)10-12(11)6-5-9-15/h7-8,10H,3-6,9H2,1-2H3. The molecular formula is C14H19ClO2. The summed E-state index contributed by atoms with van der Waals surface area (Å²) in [6.07, 6.45) is 2.82. The summed E-state index contributed by atoms with van der Waals surface area (Å²) in [6, 6.07) is 5.78. The first-order valence-corrected chi connectivity index (χ1v) is 6.61. The highest BCUT2D eigenvalue weighted by molar-refractivity contribution is 6.17. The average Bonchev–Trinajstić information content (AvgIpc) is 2.36. The largest absolute Gasteiger partial charge is 0.462 e. The second-order valence-electron chi connectivity index (χ2n) is 3.85. The van der Waals surface area contributed by atoms with Gasteiger partial charge in [-0.1, -0.05) is 13.0 Å². The molecule has 0 radical (unpaired) electrons. The number of ether oxygens (including phenoxy) is 1. The van der Waals surface area contributed by atoms with Crippen LogP contribution in [-0.2, 0) is 17.6 Å². The molecule has 0 saturated heterocycles. The molecule has 0 aliphatic rings. The van der Waals surface area contributed by atoms with Crippen molar-refractivity contribution < 1.29 is 9.53 Å². The van der Waals surface area contributed by atoms with E-state index in [1.807, 2.05) is 25.1 Å². The molecule has 3 heteroatoms. The lowest BCUT2D eigenvalue weighted by Gasteiger charge is -2.09. The Kier molecular flexibility index (Phi) is 6.06. The molecule has 0 saturated carbocycles. The number of benzene rings is 1. The van der Waals surface area contributed by atoms with Gasteiger partial charge in [-0.05, 0) is 49.4 Å². The summed E-state index contributed by atoms with van der Waals surface area (Å²) in [5, 5.41) is 0. The monoisotopic (exact) mass is 254 g/mol. The second kappa shape index (κ2) is 7.33. The zero-order valence-corrected chi connectivity index (χ0v) is 11.2. The van der Waals surface area contributed by atoms with E-state index >= 15 is 0 Å². The van der Waals surface area contributed by atoms with E-state index in [1.165, 1.54) is 11.1 Å². The highest BCUT2D eigenvalue weighted by Gasteiger charge is 2.09. The maximum absolute atomic E-state index is 11.6. The topological polar surface area (TPSA) is 26.3 Å². The van der Waals surface area contributed by atoms with Crippen LogP contribution in [0, 0.1) is 0 Å². The van der Waals surface area contributed by atoms with Crippen molar-refractivity contribution in [3.63, 3.8) is 0 Å². The van der Waals surface area contributed by atoms with Gasteiger partial charge in [-0.2, -0.15) is 0 Å². The quantitative estimate of drug-likeness (QED) is 0.573. The fraction of sp³-hybridized carbons (Fsp3) is 0.500. The molecule has 1 aromatic carbocycles. The fourth-order valence-electron chi connectivity index (χ4n) is 1.80. The van der Waals surface area contributed by atoms with E-state index in [0.29, 0.717) is 18.1 Å². The van der Waals surface area contributed by atoms with Crippen molar-refractivity contribution >= 4 is 17.6 Å². The number of hydrogen-bond acceptors (Lipinski definition) is 2. The molecule has 0 amide bonds. The fourth-order valence-corrected chi connectivity index (χ4v) is 1.94. The van der Waals surface area contributed by atoms with E-state index in [0.717, 1.165) is 19.3 Å². The Morgan fingerprint density at radius 3 is 2.65 bits per heavy atom. The minimum Gasteiger partial charge on any atom is -0.462 e. The van der Waals surface area contributed by atoms with Crippen molar-refractivity contribution in [2.24, 2.45) is 0 Å². The number of rotatable bonds is 6. The van der Waals surface area contributed by atoms with E-state index < -0.39 is 0 Å². The molecule has 0 aliphatic carbocycles. The summed E-state index contributed by atoms with van der Waals surface area (Å²) in [5.74, 6) is 0.398. The number of carbonyl (C=O) groups excluding carboxylic acids is 1. The van der Waals surface area contributed by atoms with Gasteiger partial charge in [0.05, 0.1) is 12.2 Å². The molecule has 94 valence electrons. The van der Waals surface area contributed by atoms with Gasteiger partial charge in [0, 0.05) is 5.88 Å². The lowest BCUT2D eigenvalue weighted by molar-refractivity contribution is 0.0526. The van der Waals surface area contributed by atoms with Crippen LogP contribution in [-0.4, -0.2) is 18.5 Å². The van der Waals surface area contributed by atoms with E-state index in [4.69, 9.17) is 16.3 Å². The minimum absolute atomic E-state index is 0.248. The maximum atomic E-state index is 11.6. The highest BCUT2D eigenvalue weighted by atomic mass is 35.5. The first kappa shape index (κ1) is 14.0. The molecule has 1 aromatic rings. The lowest BCUT2D eigenvalue weighted by atomic mass is 9.98. The molecule has 0 spiro atoms. The molecule has 0 N–H and O–H groups in total. The molecule has 17 heavy (non-hydrogen) atoms. The summed E-state index contributed by atoms with van der Waals surface area (Å²) < 4.78 is 5.00. The molecule has 0 bridgehead atoms. The van der Waals surface area contributed by atoms with Gasteiger partial charge in [-0.15, -0.1) is 11.6 Å². The average molecular weight is 255 g/mol. The van der Waals surface area contributed by atoms with Crippen LogP contribution >= 0.6 is 11.6 Å². The third kappa shape index (κ3) is 4.04. The minimum atomic E-state index is -0.248. The van der Waals surface area contributed by atoms with Crippen LogP contribution in [0.5, 0.6) is 0 Å². The molecular weight excluding hydrogens is 236 g/mol. The normalized spacial score (nSPS) is 10.3. The first-order valence-electron chi connectivity index (χ1n) is 6.07. The van der Waals surface area contributed by atoms with Crippen molar-refractivity contribution in [3.05, 3.63) is 34.9 Å². The molecule has 2 nitrogen and oxygen atoms in total. The lowest BCUT2D eigenvalue weighted by Crippen LogP contribution is -2.06. The number of halogens is 1. The Labute approximate surface area is 108 Å². The molecule has 1 rings (SSSR count). The van der Waals surface area contributed by atoms with Gasteiger partial charge in [-0.3, -0.25) is 0 Å². The molecule has 0 aromatic heterocycles. The number of alkyl halides is 1. The number of hydrogen-bond donors (Lipinski definition) is 0. The van der Waals surface area contributed by atoms with Crippen LogP contribution in [0.4, 0.5) is 0 Å². The van der Waals surface area contributed by atoms with Gasteiger partial charge in [0.25, 0.3) is 0 Å². The van der Waals surface area contributed by atoms with Crippen LogP contribution in [0.1, 0.15) is 41.8 Å². The van der Waals surface area contributed by atoms with Crippen LogP contribution in [0.2, 0.25) is 0 Å². The Bertz CT molecular complexity index is 374. The van der Waals surface area contributed by atoms with E-state index in [1.54, 1.807) is 0 Å². The maximum Gasteiger partial charge on any atom is 0.338 e. The van der Waals surface area contributed by atoms with Gasteiger partial charge in [0.1, 0.15) is 0 Å². The third-order valence-electron chi connectivity index (χ3n) is 2.68.